The molecule has 0 aromatic carbocycles. The fraction of sp³-hybridized carbons (Fsp3) is 0.583. The molecule has 0 spiro atoms. The summed E-state index contributed by atoms with van der Waals surface area (Å²) in [6.45, 7) is 2.42. The van der Waals surface area contributed by atoms with Crippen LogP contribution in [0, 0.1) is 0 Å². The maximum Gasteiger partial charge on any atom is 0.220 e. The van der Waals surface area contributed by atoms with Gasteiger partial charge >= 0.3 is 0 Å². The molecule has 3 nitrogen and oxygen atoms in total. The van der Waals surface area contributed by atoms with Crippen LogP contribution < -0.4 is 5.32 Å². The largest absolute Gasteiger partial charge is 0.387 e. The highest BCUT2D eigenvalue weighted by Gasteiger charge is 2.09. The van der Waals surface area contributed by atoms with Gasteiger partial charge in [0.2, 0.25) is 5.91 Å². The van der Waals surface area contributed by atoms with Crippen molar-refractivity contribution in [2.45, 2.75) is 38.7 Å². The lowest BCUT2D eigenvalue weighted by Gasteiger charge is -2.10. The lowest BCUT2D eigenvalue weighted by molar-refractivity contribution is -0.121. The van der Waals surface area contributed by atoms with E-state index in [4.69, 9.17) is 0 Å². The van der Waals surface area contributed by atoms with Crippen LogP contribution in [0.4, 0.5) is 0 Å². The first kappa shape index (κ1) is 13.2. The van der Waals surface area contributed by atoms with E-state index < -0.39 is 6.10 Å². The van der Waals surface area contributed by atoms with E-state index in [0.717, 1.165) is 24.8 Å². The second kappa shape index (κ2) is 7.41. The fourth-order valence-corrected chi connectivity index (χ4v) is 2.12. The van der Waals surface area contributed by atoms with E-state index in [1.165, 1.54) is 0 Å². The Bertz CT molecular complexity index is 298. The van der Waals surface area contributed by atoms with Gasteiger partial charge in [-0.3, -0.25) is 4.79 Å². The van der Waals surface area contributed by atoms with Crippen molar-refractivity contribution in [3.63, 3.8) is 0 Å². The average molecular weight is 241 g/mol. The molecule has 1 rings (SSSR count). The minimum absolute atomic E-state index is 0.0303. The van der Waals surface area contributed by atoms with E-state index >= 15 is 0 Å². The van der Waals surface area contributed by atoms with E-state index in [1.807, 2.05) is 16.8 Å². The number of unbranched alkanes of at least 4 members (excludes halogenated alkanes) is 2. The van der Waals surface area contributed by atoms with Gasteiger partial charge in [-0.1, -0.05) is 19.8 Å². The van der Waals surface area contributed by atoms with Crippen molar-refractivity contribution in [2.24, 2.45) is 0 Å². The molecule has 0 bridgehead atoms. The number of aliphatic hydroxyl groups is 1. The summed E-state index contributed by atoms with van der Waals surface area (Å²) in [6.07, 6.45) is 3.10. The lowest BCUT2D eigenvalue weighted by atomic mass is 10.2. The van der Waals surface area contributed by atoms with Crippen molar-refractivity contribution in [3.05, 3.63) is 22.4 Å². The van der Waals surface area contributed by atoms with Crippen LogP contribution in [0.2, 0.25) is 0 Å². The molecular weight excluding hydrogens is 222 g/mol. The van der Waals surface area contributed by atoms with Crippen molar-refractivity contribution < 1.29 is 9.90 Å². The number of hydrogen-bond donors (Lipinski definition) is 2. The first-order valence-corrected chi connectivity index (χ1v) is 6.65. The number of aliphatic hydroxyl groups excluding tert-OH is 1. The maximum absolute atomic E-state index is 11.4. The summed E-state index contributed by atoms with van der Waals surface area (Å²) in [5.74, 6) is 0.0303. The number of nitrogens with one attached hydrogen (secondary N) is 1. The molecule has 1 unspecified atom stereocenters. The van der Waals surface area contributed by atoms with Crippen LogP contribution in [0.3, 0.4) is 0 Å². The van der Waals surface area contributed by atoms with Crippen molar-refractivity contribution in [3.8, 4) is 0 Å². The number of carbonyl (C=O) groups excluding carboxylic acids is 1. The van der Waals surface area contributed by atoms with E-state index in [0.29, 0.717) is 13.0 Å². The van der Waals surface area contributed by atoms with Crippen molar-refractivity contribution in [1.82, 2.24) is 5.32 Å². The Morgan fingerprint density at radius 2 is 2.38 bits per heavy atom. The Morgan fingerprint density at radius 3 is 3.00 bits per heavy atom. The lowest BCUT2D eigenvalue weighted by Crippen LogP contribution is -2.27. The molecule has 90 valence electrons. The molecule has 1 heterocycles. The summed E-state index contributed by atoms with van der Waals surface area (Å²) in [6, 6.07) is 1.87. The van der Waals surface area contributed by atoms with Gasteiger partial charge in [0, 0.05) is 13.0 Å². The van der Waals surface area contributed by atoms with Crippen LogP contribution in [0.5, 0.6) is 0 Å². The van der Waals surface area contributed by atoms with Crippen LogP contribution in [0.1, 0.15) is 44.3 Å². The predicted octanol–water partition coefficient (Wildman–Crippen LogP) is 2.48. The number of amides is 1. The standard InChI is InChI=1S/C12H19NO2S/c1-2-3-4-5-12(15)13-8-11(14)10-6-7-16-9-10/h6-7,9,11,14H,2-5,8H2,1H3,(H,13,15). The van der Waals surface area contributed by atoms with Crippen LogP contribution in [0.25, 0.3) is 0 Å². The summed E-state index contributed by atoms with van der Waals surface area (Å²) >= 11 is 1.55. The molecular formula is C12H19NO2S. The molecule has 1 atom stereocenters. The summed E-state index contributed by atoms with van der Waals surface area (Å²) < 4.78 is 0. The molecule has 1 amide bonds. The van der Waals surface area contributed by atoms with E-state index in [-0.39, 0.29) is 5.91 Å². The third kappa shape index (κ3) is 4.77. The highest BCUT2D eigenvalue weighted by Crippen LogP contribution is 2.15. The van der Waals surface area contributed by atoms with Crippen molar-refractivity contribution in [1.29, 1.82) is 0 Å². The van der Waals surface area contributed by atoms with Crippen LogP contribution >= 0.6 is 11.3 Å². The Hall–Kier alpha value is -0.870. The Morgan fingerprint density at radius 1 is 1.56 bits per heavy atom. The van der Waals surface area contributed by atoms with Crippen molar-refractivity contribution in [2.75, 3.05) is 6.54 Å². The number of hydrogen-bond acceptors (Lipinski definition) is 3. The zero-order chi connectivity index (χ0) is 11.8. The predicted molar refractivity (Wildman–Crippen MR) is 66.4 cm³/mol. The highest BCUT2D eigenvalue weighted by molar-refractivity contribution is 7.07. The molecule has 1 aromatic heterocycles. The summed E-state index contributed by atoms with van der Waals surface area (Å²) in [4.78, 5) is 11.4. The molecule has 4 heteroatoms. The molecule has 1 aromatic rings. The fourth-order valence-electron chi connectivity index (χ4n) is 1.42. The summed E-state index contributed by atoms with van der Waals surface area (Å²) in [5, 5.41) is 16.3. The third-order valence-corrected chi connectivity index (χ3v) is 3.13. The van der Waals surface area contributed by atoms with E-state index in [1.54, 1.807) is 11.3 Å². The zero-order valence-corrected chi connectivity index (χ0v) is 10.4. The Kier molecular flexibility index (Phi) is 6.11. The molecule has 0 aliphatic rings. The molecule has 0 aliphatic heterocycles. The van der Waals surface area contributed by atoms with Gasteiger partial charge in [0.15, 0.2) is 0 Å². The van der Waals surface area contributed by atoms with E-state index in [9.17, 15) is 9.90 Å². The van der Waals surface area contributed by atoms with Gasteiger partial charge in [-0.2, -0.15) is 11.3 Å². The van der Waals surface area contributed by atoms with Gasteiger partial charge in [0.1, 0.15) is 0 Å². The molecule has 0 saturated carbocycles. The van der Waals surface area contributed by atoms with Crippen molar-refractivity contribution >= 4 is 17.2 Å². The minimum atomic E-state index is -0.582. The van der Waals surface area contributed by atoms with Gasteiger partial charge in [-0.05, 0) is 28.8 Å². The number of carbonyl (C=O) groups is 1. The Labute approximate surface area is 100 Å². The number of rotatable bonds is 7. The molecule has 0 saturated heterocycles. The van der Waals surface area contributed by atoms with Crippen LogP contribution in [0.15, 0.2) is 16.8 Å². The number of thiophene rings is 1. The van der Waals surface area contributed by atoms with Gasteiger partial charge in [-0.25, -0.2) is 0 Å². The zero-order valence-electron chi connectivity index (χ0n) is 9.61. The SMILES string of the molecule is CCCCCC(=O)NCC(O)c1ccsc1. The molecule has 0 fully saturated rings. The van der Waals surface area contributed by atoms with Gasteiger partial charge in [0.25, 0.3) is 0 Å². The summed E-state index contributed by atoms with van der Waals surface area (Å²) in [7, 11) is 0. The van der Waals surface area contributed by atoms with Crippen LogP contribution in [-0.2, 0) is 4.79 Å². The van der Waals surface area contributed by atoms with Crippen LogP contribution in [-0.4, -0.2) is 17.6 Å². The molecule has 16 heavy (non-hydrogen) atoms. The topological polar surface area (TPSA) is 49.3 Å². The quantitative estimate of drug-likeness (QED) is 0.720. The smallest absolute Gasteiger partial charge is 0.220 e. The van der Waals surface area contributed by atoms with Gasteiger partial charge in [0.05, 0.1) is 6.10 Å². The van der Waals surface area contributed by atoms with Gasteiger partial charge in [-0.15, -0.1) is 0 Å². The first-order valence-electron chi connectivity index (χ1n) is 5.71. The molecule has 0 aliphatic carbocycles. The first-order chi connectivity index (χ1) is 7.74. The maximum atomic E-state index is 11.4. The molecule has 2 N–H and O–H groups in total. The summed E-state index contributed by atoms with van der Waals surface area (Å²) in [5.41, 5.74) is 0.874. The Balaban J connectivity index is 2.16. The second-order valence-electron chi connectivity index (χ2n) is 3.83. The van der Waals surface area contributed by atoms with E-state index in [2.05, 4.69) is 12.2 Å². The van der Waals surface area contributed by atoms with Gasteiger partial charge < -0.3 is 10.4 Å². The average Bonchev–Trinajstić information content (AvgIpc) is 2.79. The normalized spacial score (nSPS) is 12.4. The molecule has 0 radical (unpaired) electrons. The monoisotopic (exact) mass is 241 g/mol. The third-order valence-electron chi connectivity index (χ3n) is 2.43. The highest BCUT2D eigenvalue weighted by atomic mass is 32.1. The second-order valence-corrected chi connectivity index (χ2v) is 4.61. The minimum Gasteiger partial charge on any atom is -0.387 e.